The summed E-state index contributed by atoms with van der Waals surface area (Å²) in [6.07, 6.45) is 0. The van der Waals surface area contributed by atoms with Crippen LogP contribution in [0.15, 0.2) is 77.7 Å². The Kier molecular flexibility index (Phi) is 5.73. The minimum absolute atomic E-state index is 0.184. The number of ether oxygens (including phenoxy) is 1. The lowest BCUT2D eigenvalue weighted by Crippen LogP contribution is -2.30. The largest absolute Gasteiger partial charge is 0.497 e. The molecule has 3 aromatic carbocycles. The Morgan fingerprint density at radius 1 is 0.963 bits per heavy atom. The maximum atomic E-state index is 13.4. The van der Waals surface area contributed by atoms with Crippen molar-refractivity contribution in [3.63, 3.8) is 0 Å². The third-order valence-corrected chi connectivity index (χ3v) is 6.36. The van der Waals surface area contributed by atoms with E-state index >= 15 is 0 Å². The van der Waals surface area contributed by atoms with E-state index in [1.54, 1.807) is 43.5 Å². The summed E-state index contributed by atoms with van der Waals surface area (Å²) in [5.74, 6) is 0.591. The molecule has 3 rings (SSSR count). The zero-order valence-corrected chi connectivity index (χ0v) is 16.7. The van der Waals surface area contributed by atoms with Crippen LogP contribution in [-0.4, -0.2) is 15.5 Å². The summed E-state index contributed by atoms with van der Waals surface area (Å²) in [5, 5.41) is 0.487. The van der Waals surface area contributed by atoms with Gasteiger partial charge in [0.1, 0.15) is 5.75 Å². The Hall–Kier alpha value is -2.50. The van der Waals surface area contributed by atoms with Crippen molar-refractivity contribution in [2.75, 3.05) is 11.4 Å². The first-order chi connectivity index (χ1) is 12.9. The van der Waals surface area contributed by atoms with Crippen LogP contribution in [0.4, 0.5) is 5.69 Å². The maximum Gasteiger partial charge on any atom is 0.264 e. The highest BCUT2D eigenvalue weighted by atomic mass is 35.5. The lowest BCUT2D eigenvalue weighted by atomic mass is 10.1. The van der Waals surface area contributed by atoms with Gasteiger partial charge in [-0.15, -0.1) is 0 Å². The molecule has 0 bridgehead atoms. The van der Waals surface area contributed by atoms with Crippen molar-refractivity contribution >= 4 is 27.3 Å². The minimum Gasteiger partial charge on any atom is -0.497 e. The number of aryl methyl sites for hydroxylation is 1. The van der Waals surface area contributed by atoms with Crippen LogP contribution in [0.3, 0.4) is 0 Å². The summed E-state index contributed by atoms with van der Waals surface area (Å²) >= 11 is 5.92. The first-order valence-electron chi connectivity index (χ1n) is 8.38. The molecule has 0 aromatic heterocycles. The van der Waals surface area contributed by atoms with E-state index in [9.17, 15) is 8.42 Å². The number of hydrogen-bond donors (Lipinski definition) is 0. The van der Waals surface area contributed by atoms with Crippen LogP contribution >= 0.6 is 11.6 Å². The molecule has 0 N–H and O–H groups in total. The summed E-state index contributed by atoms with van der Waals surface area (Å²) in [5.41, 5.74) is 2.49. The van der Waals surface area contributed by atoms with Gasteiger partial charge in [0.2, 0.25) is 0 Å². The summed E-state index contributed by atoms with van der Waals surface area (Å²) in [6.45, 7) is 2.18. The van der Waals surface area contributed by atoms with Gasteiger partial charge in [0.25, 0.3) is 10.0 Å². The van der Waals surface area contributed by atoms with Gasteiger partial charge in [-0.3, -0.25) is 4.31 Å². The molecule has 0 saturated heterocycles. The molecular formula is C21H20ClNO3S. The molecule has 140 valence electrons. The van der Waals surface area contributed by atoms with E-state index in [0.717, 1.165) is 11.1 Å². The quantitative estimate of drug-likeness (QED) is 0.580. The average molecular weight is 402 g/mol. The Morgan fingerprint density at radius 2 is 1.67 bits per heavy atom. The molecule has 6 heteroatoms. The van der Waals surface area contributed by atoms with Gasteiger partial charge in [0.15, 0.2) is 0 Å². The van der Waals surface area contributed by atoms with Gasteiger partial charge in [0, 0.05) is 11.1 Å². The van der Waals surface area contributed by atoms with Crippen LogP contribution < -0.4 is 9.04 Å². The summed E-state index contributed by atoms with van der Waals surface area (Å²) in [4.78, 5) is 0.184. The Bertz CT molecular complexity index is 1030. The van der Waals surface area contributed by atoms with Gasteiger partial charge in [-0.1, -0.05) is 41.9 Å². The number of hydrogen-bond acceptors (Lipinski definition) is 3. The van der Waals surface area contributed by atoms with Crippen molar-refractivity contribution < 1.29 is 13.2 Å². The number of methoxy groups -OCH3 is 1. The van der Waals surface area contributed by atoms with Crippen LogP contribution in [0.5, 0.6) is 5.75 Å². The van der Waals surface area contributed by atoms with Gasteiger partial charge < -0.3 is 4.74 Å². The van der Waals surface area contributed by atoms with Crippen LogP contribution in [0.2, 0.25) is 5.02 Å². The molecule has 0 unspecified atom stereocenters. The number of anilines is 1. The maximum absolute atomic E-state index is 13.4. The number of rotatable bonds is 6. The molecule has 0 saturated carbocycles. The van der Waals surface area contributed by atoms with Crippen molar-refractivity contribution in [3.05, 3.63) is 88.9 Å². The highest BCUT2D eigenvalue weighted by Crippen LogP contribution is 2.29. The first kappa shape index (κ1) is 19.3. The second-order valence-electron chi connectivity index (χ2n) is 6.09. The van der Waals surface area contributed by atoms with Crippen molar-refractivity contribution in [1.82, 2.24) is 0 Å². The molecule has 0 aliphatic heterocycles. The van der Waals surface area contributed by atoms with Crippen molar-refractivity contribution in [2.45, 2.75) is 18.4 Å². The second-order valence-corrected chi connectivity index (χ2v) is 8.39. The number of nitrogens with zero attached hydrogens (tertiary/aromatic N) is 1. The highest BCUT2D eigenvalue weighted by Gasteiger charge is 2.26. The predicted molar refractivity (Wildman–Crippen MR) is 109 cm³/mol. The molecule has 0 aliphatic carbocycles. The summed E-state index contributed by atoms with van der Waals surface area (Å²) < 4.78 is 33.5. The van der Waals surface area contributed by atoms with Crippen LogP contribution in [0, 0.1) is 6.92 Å². The third-order valence-electron chi connectivity index (χ3n) is 4.32. The van der Waals surface area contributed by atoms with E-state index in [-0.39, 0.29) is 11.4 Å². The van der Waals surface area contributed by atoms with Gasteiger partial charge >= 0.3 is 0 Å². The Labute approximate surface area is 165 Å². The zero-order chi connectivity index (χ0) is 19.4. The van der Waals surface area contributed by atoms with Crippen LogP contribution in [0.25, 0.3) is 0 Å². The molecular weight excluding hydrogens is 382 g/mol. The number of halogens is 1. The highest BCUT2D eigenvalue weighted by molar-refractivity contribution is 7.92. The molecule has 0 spiro atoms. The fourth-order valence-electron chi connectivity index (χ4n) is 2.76. The molecule has 0 amide bonds. The first-order valence-corrected chi connectivity index (χ1v) is 10.2. The Balaban J connectivity index is 2.11. The lowest BCUT2D eigenvalue weighted by Gasteiger charge is -2.26. The van der Waals surface area contributed by atoms with Gasteiger partial charge in [-0.05, 0) is 54.4 Å². The average Bonchev–Trinajstić information content (AvgIpc) is 2.67. The molecule has 0 radical (unpaired) electrons. The van der Waals surface area contributed by atoms with Gasteiger partial charge in [-0.25, -0.2) is 8.42 Å². The van der Waals surface area contributed by atoms with Gasteiger partial charge in [-0.2, -0.15) is 0 Å². The second kappa shape index (κ2) is 8.03. The van der Waals surface area contributed by atoms with Gasteiger partial charge in [0.05, 0.1) is 24.2 Å². The van der Waals surface area contributed by atoms with Crippen molar-refractivity contribution in [1.29, 1.82) is 0 Å². The van der Waals surface area contributed by atoms with E-state index < -0.39 is 10.0 Å². The van der Waals surface area contributed by atoms with E-state index in [2.05, 4.69) is 0 Å². The summed E-state index contributed by atoms with van der Waals surface area (Å²) in [7, 11) is -2.24. The van der Waals surface area contributed by atoms with E-state index in [4.69, 9.17) is 16.3 Å². The molecule has 0 fully saturated rings. The van der Waals surface area contributed by atoms with E-state index in [0.29, 0.717) is 16.5 Å². The SMILES string of the molecule is COc1cccc(N(Cc2ccccc2C)S(=O)(=O)c2ccc(Cl)cc2)c1. The fraction of sp³-hybridized carbons (Fsp3) is 0.143. The molecule has 3 aromatic rings. The number of sulfonamides is 1. The predicted octanol–water partition coefficient (Wildman–Crippen LogP) is 5.05. The van der Waals surface area contributed by atoms with Crippen molar-refractivity contribution in [2.24, 2.45) is 0 Å². The Morgan fingerprint density at radius 3 is 2.33 bits per heavy atom. The minimum atomic E-state index is -3.79. The molecule has 4 nitrogen and oxygen atoms in total. The zero-order valence-electron chi connectivity index (χ0n) is 15.1. The topological polar surface area (TPSA) is 46.6 Å². The normalized spacial score (nSPS) is 11.2. The summed E-state index contributed by atoms with van der Waals surface area (Å²) in [6, 6.07) is 20.9. The van der Waals surface area contributed by atoms with E-state index in [1.807, 2.05) is 31.2 Å². The van der Waals surface area contributed by atoms with Crippen LogP contribution in [-0.2, 0) is 16.6 Å². The lowest BCUT2D eigenvalue weighted by molar-refractivity contribution is 0.415. The number of benzene rings is 3. The standard InChI is InChI=1S/C21H20ClNO3S/c1-16-6-3-4-7-17(16)15-23(19-8-5-9-20(14-19)26-2)27(24,25)21-12-10-18(22)11-13-21/h3-14H,15H2,1-2H3. The third kappa shape index (κ3) is 4.26. The molecule has 0 atom stereocenters. The smallest absolute Gasteiger partial charge is 0.264 e. The van der Waals surface area contributed by atoms with Crippen molar-refractivity contribution in [3.8, 4) is 5.75 Å². The molecule has 0 heterocycles. The monoisotopic (exact) mass is 401 g/mol. The van der Waals surface area contributed by atoms with Crippen LogP contribution in [0.1, 0.15) is 11.1 Å². The molecule has 27 heavy (non-hydrogen) atoms. The fourth-order valence-corrected chi connectivity index (χ4v) is 4.32. The van der Waals surface area contributed by atoms with E-state index in [1.165, 1.54) is 16.4 Å². The molecule has 0 aliphatic rings.